The largest absolute Gasteiger partial charge is 0.440 e. The van der Waals surface area contributed by atoms with Gasteiger partial charge in [-0.25, -0.2) is 13.4 Å². The smallest absolute Gasteiger partial charge is 0.199 e. The molecule has 5 nitrogen and oxygen atoms in total. The fourth-order valence-corrected chi connectivity index (χ4v) is 4.08. The molecule has 0 aliphatic carbocycles. The van der Waals surface area contributed by atoms with Crippen molar-refractivity contribution in [2.24, 2.45) is 5.92 Å². The predicted molar refractivity (Wildman–Crippen MR) is 90.4 cm³/mol. The zero-order chi connectivity index (χ0) is 16.6. The van der Waals surface area contributed by atoms with Gasteiger partial charge in [-0.15, -0.1) is 0 Å². The highest BCUT2D eigenvalue weighted by atomic mass is 32.2. The van der Waals surface area contributed by atoms with Gasteiger partial charge in [-0.2, -0.15) is 0 Å². The quantitative estimate of drug-likeness (QED) is 0.839. The third-order valence-corrected chi connectivity index (χ3v) is 6.09. The van der Waals surface area contributed by atoms with E-state index in [1.54, 1.807) is 25.1 Å². The Bertz CT molecular complexity index is 795. The second-order valence-electron chi connectivity index (χ2n) is 6.72. The summed E-state index contributed by atoms with van der Waals surface area (Å²) >= 11 is 0. The van der Waals surface area contributed by atoms with E-state index in [2.05, 4.69) is 23.7 Å². The first kappa shape index (κ1) is 16.5. The number of benzene rings is 1. The molecule has 23 heavy (non-hydrogen) atoms. The molecule has 1 fully saturated rings. The SMILES string of the molecule is CCS(=O)(=O)c1ccc2oc(C3CCN(CC(C)C)C3)nc2c1. The average molecular weight is 336 g/mol. The Balaban J connectivity index is 1.84. The lowest BCUT2D eigenvalue weighted by Crippen LogP contribution is -2.24. The summed E-state index contributed by atoms with van der Waals surface area (Å²) in [5.74, 6) is 1.78. The number of nitrogens with zero attached hydrogens (tertiary/aromatic N) is 2. The first-order valence-corrected chi connectivity index (χ1v) is 9.90. The van der Waals surface area contributed by atoms with E-state index in [0.29, 0.717) is 27.8 Å². The van der Waals surface area contributed by atoms with Crippen molar-refractivity contribution in [1.29, 1.82) is 0 Å². The van der Waals surface area contributed by atoms with Crippen LogP contribution in [0, 0.1) is 5.92 Å². The van der Waals surface area contributed by atoms with E-state index >= 15 is 0 Å². The van der Waals surface area contributed by atoms with E-state index in [1.165, 1.54) is 0 Å². The van der Waals surface area contributed by atoms with E-state index in [4.69, 9.17) is 4.42 Å². The summed E-state index contributed by atoms with van der Waals surface area (Å²) in [6.07, 6.45) is 1.04. The lowest BCUT2D eigenvalue weighted by molar-refractivity contribution is 0.291. The molecule has 1 saturated heterocycles. The Hall–Kier alpha value is -1.40. The molecule has 0 N–H and O–H groups in total. The molecule has 0 saturated carbocycles. The third-order valence-electron chi connectivity index (χ3n) is 4.36. The Morgan fingerprint density at radius 2 is 2.17 bits per heavy atom. The van der Waals surface area contributed by atoms with Crippen molar-refractivity contribution in [2.75, 3.05) is 25.4 Å². The molecule has 0 radical (unpaired) electrons. The molecule has 1 aromatic heterocycles. The lowest BCUT2D eigenvalue weighted by atomic mass is 10.1. The Morgan fingerprint density at radius 1 is 1.39 bits per heavy atom. The van der Waals surface area contributed by atoms with Gasteiger partial charge < -0.3 is 9.32 Å². The molecule has 2 aromatic rings. The monoisotopic (exact) mass is 336 g/mol. The van der Waals surface area contributed by atoms with E-state index in [9.17, 15) is 8.42 Å². The molecule has 0 amide bonds. The summed E-state index contributed by atoms with van der Waals surface area (Å²) in [4.78, 5) is 7.32. The van der Waals surface area contributed by atoms with Crippen LogP contribution in [0.15, 0.2) is 27.5 Å². The van der Waals surface area contributed by atoms with Gasteiger partial charge in [0.1, 0.15) is 5.52 Å². The van der Waals surface area contributed by atoms with Crippen LogP contribution in [0.4, 0.5) is 0 Å². The Labute approximate surface area is 137 Å². The standard InChI is InChI=1S/C17H24N2O3S/c1-4-23(20,21)14-5-6-16-15(9-14)18-17(22-16)13-7-8-19(11-13)10-12(2)3/h5-6,9,12-13H,4,7-8,10-11H2,1-3H3. The summed E-state index contributed by atoms with van der Waals surface area (Å²) in [6.45, 7) is 9.22. The van der Waals surface area contributed by atoms with Crippen LogP contribution in [0.5, 0.6) is 0 Å². The van der Waals surface area contributed by atoms with Crippen LogP contribution < -0.4 is 0 Å². The Morgan fingerprint density at radius 3 is 2.87 bits per heavy atom. The highest BCUT2D eigenvalue weighted by Gasteiger charge is 2.28. The normalized spacial score (nSPS) is 19.9. The van der Waals surface area contributed by atoms with Crippen LogP contribution >= 0.6 is 0 Å². The van der Waals surface area contributed by atoms with Gasteiger partial charge in [0.25, 0.3) is 0 Å². The van der Waals surface area contributed by atoms with Crippen molar-refractivity contribution >= 4 is 20.9 Å². The minimum atomic E-state index is -3.21. The van der Waals surface area contributed by atoms with Gasteiger partial charge in [0.2, 0.25) is 0 Å². The summed E-state index contributed by atoms with van der Waals surface area (Å²) in [5, 5.41) is 0. The number of aromatic nitrogens is 1. The predicted octanol–water partition coefficient (Wildman–Crippen LogP) is 3.07. The van der Waals surface area contributed by atoms with E-state index in [1.807, 2.05) is 0 Å². The molecule has 0 spiro atoms. The summed E-state index contributed by atoms with van der Waals surface area (Å²) in [5.41, 5.74) is 1.30. The van der Waals surface area contributed by atoms with Gasteiger partial charge in [0.05, 0.1) is 10.6 Å². The van der Waals surface area contributed by atoms with Crippen molar-refractivity contribution in [1.82, 2.24) is 9.88 Å². The first-order chi connectivity index (χ1) is 10.9. The highest BCUT2D eigenvalue weighted by molar-refractivity contribution is 7.91. The first-order valence-electron chi connectivity index (χ1n) is 8.24. The number of hydrogen-bond donors (Lipinski definition) is 0. The molecule has 0 bridgehead atoms. The van der Waals surface area contributed by atoms with E-state index in [0.717, 1.165) is 31.9 Å². The number of rotatable bonds is 5. The number of hydrogen-bond acceptors (Lipinski definition) is 5. The second-order valence-corrected chi connectivity index (χ2v) is 9.00. The van der Waals surface area contributed by atoms with Crippen LogP contribution in [-0.4, -0.2) is 43.7 Å². The minimum absolute atomic E-state index is 0.0933. The fourth-order valence-electron chi connectivity index (χ4n) is 3.18. The maximum atomic E-state index is 12.0. The van der Waals surface area contributed by atoms with Gasteiger partial charge in [-0.3, -0.25) is 0 Å². The number of likely N-dealkylation sites (tertiary alicyclic amines) is 1. The molecule has 2 heterocycles. The topological polar surface area (TPSA) is 63.4 Å². The third kappa shape index (κ3) is 3.43. The molecule has 126 valence electrons. The average Bonchev–Trinajstić information content (AvgIpc) is 3.11. The van der Waals surface area contributed by atoms with Crippen molar-refractivity contribution < 1.29 is 12.8 Å². The van der Waals surface area contributed by atoms with Crippen molar-refractivity contribution in [3.8, 4) is 0 Å². The molecule has 6 heteroatoms. The number of oxazole rings is 1. The molecule has 1 aliphatic heterocycles. The summed E-state index contributed by atoms with van der Waals surface area (Å²) in [7, 11) is -3.21. The van der Waals surface area contributed by atoms with Crippen LogP contribution in [0.3, 0.4) is 0 Å². The highest BCUT2D eigenvalue weighted by Crippen LogP contribution is 2.30. The zero-order valence-corrected chi connectivity index (χ0v) is 14.8. The maximum Gasteiger partial charge on any atom is 0.199 e. The van der Waals surface area contributed by atoms with E-state index < -0.39 is 9.84 Å². The van der Waals surface area contributed by atoms with Crippen molar-refractivity contribution in [3.63, 3.8) is 0 Å². The number of fused-ring (bicyclic) bond motifs is 1. The minimum Gasteiger partial charge on any atom is -0.440 e. The molecule has 3 rings (SSSR count). The van der Waals surface area contributed by atoms with Gasteiger partial charge in [-0.05, 0) is 37.1 Å². The maximum absolute atomic E-state index is 12.0. The van der Waals surface area contributed by atoms with Crippen molar-refractivity contribution in [3.05, 3.63) is 24.1 Å². The molecular formula is C17H24N2O3S. The van der Waals surface area contributed by atoms with Crippen LogP contribution in [-0.2, 0) is 9.84 Å². The molecule has 1 atom stereocenters. The van der Waals surface area contributed by atoms with Gasteiger partial charge >= 0.3 is 0 Å². The number of sulfone groups is 1. The molecule has 1 aromatic carbocycles. The second kappa shape index (κ2) is 6.24. The van der Waals surface area contributed by atoms with E-state index in [-0.39, 0.29) is 5.75 Å². The molecule has 1 unspecified atom stereocenters. The Kier molecular flexibility index (Phi) is 4.47. The van der Waals surface area contributed by atoms with Gasteiger partial charge in [0, 0.05) is 19.0 Å². The molecular weight excluding hydrogens is 312 g/mol. The molecule has 1 aliphatic rings. The van der Waals surface area contributed by atoms with Gasteiger partial charge in [-0.1, -0.05) is 20.8 Å². The summed E-state index contributed by atoms with van der Waals surface area (Å²) in [6, 6.07) is 4.95. The lowest BCUT2D eigenvalue weighted by Gasteiger charge is -2.17. The van der Waals surface area contributed by atoms with Crippen molar-refractivity contribution in [2.45, 2.75) is 38.0 Å². The fraction of sp³-hybridized carbons (Fsp3) is 0.588. The van der Waals surface area contributed by atoms with Crippen LogP contribution in [0.1, 0.15) is 39.0 Å². The zero-order valence-electron chi connectivity index (χ0n) is 13.9. The summed E-state index contributed by atoms with van der Waals surface area (Å²) < 4.78 is 29.9. The van der Waals surface area contributed by atoms with Gasteiger partial charge in [0.15, 0.2) is 21.3 Å². The van der Waals surface area contributed by atoms with Crippen LogP contribution in [0.25, 0.3) is 11.1 Å². The van der Waals surface area contributed by atoms with Crippen LogP contribution in [0.2, 0.25) is 0 Å².